The molecule has 1 aromatic carbocycles. The lowest BCUT2D eigenvalue weighted by Gasteiger charge is -2.21. The van der Waals surface area contributed by atoms with Crippen molar-refractivity contribution in [1.82, 2.24) is 0 Å². The first-order valence-corrected chi connectivity index (χ1v) is 6.83. The number of rotatable bonds is 5. The van der Waals surface area contributed by atoms with E-state index in [9.17, 15) is 0 Å². The molecule has 0 aliphatic rings. The highest BCUT2D eigenvalue weighted by Crippen LogP contribution is 2.37. The van der Waals surface area contributed by atoms with Crippen LogP contribution < -0.4 is 10.5 Å². The second-order valence-corrected chi connectivity index (χ2v) is 5.47. The lowest BCUT2D eigenvalue weighted by Crippen LogP contribution is -2.11. The summed E-state index contributed by atoms with van der Waals surface area (Å²) in [6.45, 7) is 9.12. The molecule has 102 valence electrons. The fraction of sp³-hybridized carbons (Fsp3) is 0.600. The van der Waals surface area contributed by atoms with Gasteiger partial charge in [-0.05, 0) is 68.3 Å². The average Bonchev–Trinajstić information content (AvgIpc) is 2.34. The number of hydrogen-bond donors (Lipinski definition) is 1. The SMILES string of the molecule is COc1c(C)c(C)c(Cl)c(C)c1CC(C)CCN. The Labute approximate surface area is 115 Å². The standard InChI is InChI=1S/C15H24ClNO/c1-9(6-7-17)8-13-12(4)14(16)10(2)11(3)15(13)18-5/h9H,6-8,17H2,1-5H3. The van der Waals surface area contributed by atoms with Gasteiger partial charge in [-0.15, -0.1) is 0 Å². The topological polar surface area (TPSA) is 35.2 Å². The average molecular weight is 270 g/mol. The van der Waals surface area contributed by atoms with Crippen LogP contribution in [0.1, 0.15) is 35.6 Å². The summed E-state index contributed by atoms with van der Waals surface area (Å²) >= 11 is 6.40. The number of halogens is 1. The van der Waals surface area contributed by atoms with E-state index in [4.69, 9.17) is 22.1 Å². The van der Waals surface area contributed by atoms with Gasteiger partial charge >= 0.3 is 0 Å². The molecule has 0 saturated carbocycles. The molecule has 1 unspecified atom stereocenters. The summed E-state index contributed by atoms with van der Waals surface area (Å²) in [5.41, 5.74) is 10.2. The zero-order valence-electron chi connectivity index (χ0n) is 12.1. The van der Waals surface area contributed by atoms with E-state index in [0.717, 1.165) is 46.8 Å². The highest BCUT2D eigenvalue weighted by Gasteiger charge is 2.18. The lowest BCUT2D eigenvalue weighted by atomic mass is 9.91. The highest BCUT2D eigenvalue weighted by molar-refractivity contribution is 6.32. The summed E-state index contributed by atoms with van der Waals surface area (Å²) in [5.74, 6) is 1.53. The zero-order valence-corrected chi connectivity index (χ0v) is 12.8. The molecule has 0 aliphatic heterocycles. The summed E-state index contributed by atoms with van der Waals surface area (Å²) in [4.78, 5) is 0. The molecule has 0 aromatic heterocycles. The second kappa shape index (κ2) is 6.44. The third-order valence-corrected chi connectivity index (χ3v) is 4.27. The van der Waals surface area contributed by atoms with Crippen molar-refractivity contribution in [2.24, 2.45) is 11.7 Å². The number of hydrogen-bond acceptors (Lipinski definition) is 2. The van der Waals surface area contributed by atoms with E-state index >= 15 is 0 Å². The van der Waals surface area contributed by atoms with E-state index in [1.54, 1.807) is 7.11 Å². The lowest BCUT2D eigenvalue weighted by molar-refractivity contribution is 0.400. The quantitative estimate of drug-likeness (QED) is 0.882. The number of methoxy groups -OCH3 is 1. The van der Waals surface area contributed by atoms with Gasteiger partial charge < -0.3 is 10.5 Å². The van der Waals surface area contributed by atoms with E-state index in [1.807, 2.05) is 6.92 Å². The fourth-order valence-electron chi connectivity index (χ4n) is 2.40. The molecule has 0 spiro atoms. The Balaban J connectivity index is 3.24. The van der Waals surface area contributed by atoms with Crippen LogP contribution in [0.5, 0.6) is 5.75 Å². The van der Waals surface area contributed by atoms with Gasteiger partial charge in [0.05, 0.1) is 7.11 Å². The first kappa shape index (κ1) is 15.3. The van der Waals surface area contributed by atoms with Crippen LogP contribution in [0.2, 0.25) is 5.02 Å². The molecule has 3 heteroatoms. The normalized spacial score (nSPS) is 12.6. The first-order valence-electron chi connectivity index (χ1n) is 6.46. The van der Waals surface area contributed by atoms with Crippen LogP contribution >= 0.6 is 11.6 Å². The maximum atomic E-state index is 6.40. The number of benzene rings is 1. The monoisotopic (exact) mass is 269 g/mol. The van der Waals surface area contributed by atoms with Gasteiger partial charge in [-0.1, -0.05) is 18.5 Å². The molecule has 0 amide bonds. The molecule has 18 heavy (non-hydrogen) atoms. The van der Waals surface area contributed by atoms with Crippen molar-refractivity contribution in [3.63, 3.8) is 0 Å². The maximum Gasteiger partial charge on any atom is 0.125 e. The van der Waals surface area contributed by atoms with Crippen molar-refractivity contribution < 1.29 is 4.74 Å². The largest absolute Gasteiger partial charge is 0.496 e. The Hall–Kier alpha value is -0.730. The Kier molecular flexibility index (Phi) is 5.48. The van der Waals surface area contributed by atoms with Crippen LogP contribution in [0, 0.1) is 26.7 Å². The third-order valence-electron chi connectivity index (χ3n) is 3.70. The first-order chi connectivity index (χ1) is 8.43. The van der Waals surface area contributed by atoms with Gasteiger partial charge in [0.15, 0.2) is 0 Å². The molecule has 1 atom stereocenters. The number of nitrogens with two attached hydrogens (primary N) is 1. The Bertz CT molecular complexity index is 429. The van der Waals surface area contributed by atoms with Crippen LogP contribution in [0.15, 0.2) is 0 Å². The smallest absolute Gasteiger partial charge is 0.125 e. The van der Waals surface area contributed by atoms with Gasteiger partial charge in [0.1, 0.15) is 5.75 Å². The van der Waals surface area contributed by atoms with Gasteiger partial charge in [0, 0.05) is 5.02 Å². The van der Waals surface area contributed by atoms with Gasteiger partial charge in [-0.3, -0.25) is 0 Å². The Morgan fingerprint density at radius 1 is 1.17 bits per heavy atom. The summed E-state index contributed by atoms with van der Waals surface area (Å²) < 4.78 is 5.58. The van der Waals surface area contributed by atoms with Gasteiger partial charge in [0.25, 0.3) is 0 Å². The van der Waals surface area contributed by atoms with Crippen molar-refractivity contribution in [2.45, 2.75) is 40.5 Å². The zero-order chi connectivity index (χ0) is 13.9. The Morgan fingerprint density at radius 2 is 1.78 bits per heavy atom. The maximum absolute atomic E-state index is 6.40. The van der Waals surface area contributed by atoms with Crippen LogP contribution in [-0.4, -0.2) is 13.7 Å². The van der Waals surface area contributed by atoms with E-state index in [0.29, 0.717) is 5.92 Å². The molecule has 0 bridgehead atoms. The van der Waals surface area contributed by atoms with Crippen molar-refractivity contribution in [1.29, 1.82) is 0 Å². The molecular weight excluding hydrogens is 246 g/mol. The van der Waals surface area contributed by atoms with Crippen molar-refractivity contribution in [3.8, 4) is 5.75 Å². The molecule has 2 N–H and O–H groups in total. The summed E-state index contributed by atoms with van der Waals surface area (Å²) in [6, 6.07) is 0. The van der Waals surface area contributed by atoms with Crippen LogP contribution in [0.25, 0.3) is 0 Å². The van der Waals surface area contributed by atoms with Crippen LogP contribution in [0.4, 0.5) is 0 Å². The molecule has 1 rings (SSSR count). The minimum absolute atomic E-state index is 0.542. The molecule has 0 fully saturated rings. The van der Waals surface area contributed by atoms with E-state index in [2.05, 4.69) is 20.8 Å². The minimum atomic E-state index is 0.542. The van der Waals surface area contributed by atoms with E-state index < -0.39 is 0 Å². The van der Waals surface area contributed by atoms with E-state index in [1.165, 1.54) is 5.56 Å². The molecule has 2 nitrogen and oxygen atoms in total. The second-order valence-electron chi connectivity index (χ2n) is 5.09. The third kappa shape index (κ3) is 2.99. The predicted molar refractivity (Wildman–Crippen MR) is 78.8 cm³/mol. The molecule has 1 aromatic rings. The number of ether oxygens (including phenoxy) is 1. The highest BCUT2D eigenvalue weighted by atomic mass is 35.5. The van der Waals surface area contributed by atoms with Crippen molar-refractivity contribution in [3.05, 3.63) is 27.3 Å². The Morgan fingerprint density at radius 3 is 2.28 bits per heavy atom. The molecule has 0 heterocycles. The molecular formula is C15H24ClNO. The van der Waals surface area contributed by atoms with Crippen LogP contribution in [-0.2, 0) is 6.42 Å². The molecule has 0 radical (unpaired) electrons. The fourth-order valence-corrected chi connectivity index (χ4v) is 2.66. The van der Waals surface area contributed by atoms with Crippen LogP contribution in [0.3, 0.4) is 0 Å². The van der Waals surface area contributed by atoms with Gasteiger partial charge in [-0.25, -0.2) is 0 Å². The molecule has 0 saturated heterocycles. The van der Waals surface area contributed by atoms with Gasteiger partial charge in [0.2, 0.25) is 0 Å². The molecule has 0 aliphatic carbocycles. The predicted octanol–water partition coefficient (Wildman–Crippen LogP) is 3.80. The summed E-state index contributed by atoms with van der Waals surface area (Å²) in [6.07, 6.45) is 1.99. The summed E-state index contributed by atoms with van der Waals surface area (Å²) in [7, 11) is 1.73. The minimum Gasteiger partial charge on any atom is -0.496 e. The summed E-state index contributed by atoms with van der Waals surface area (Å²) in [5, 5.41) is 0.864. The van der Waals surface area contributed by atoms with Gasteiger partial charge in [-0.2, -0.15) is 0 Å². The van der Waals surface area contributed by atoms with Crippen molar-refractivity contribution in [2.75, 3.05) is 13.7 Å². The van der Waals surface area contributed by atoms with Crippen molar-refractivity contribution >= 4 is 11.6 Å². The van der Waals surface area contributed by atoms with E-state index in [-0.39, 0.29) is 0 Å².